The van der Waals surface area contributed by atoms with Crippen LogP contribution < -0.4 is 5.32 Å². The number of ether oxygens (including phenoxy) is 1. The van der Waals surface area contributed by atoms with Gasteiger partial charge in [-0.05, 0) is 18.6 Å². The smallest absolute Gasteiger partial charge is 0.320 e. The number of rotatable bonds is 2. The molecular weight excluding hydrogens is 226 g/mol. The summed E-state index contributed by atoms with van der Waals surface area (Å²) in [4.78, 5) is 11.2. The summed E-state index contributed by atoms with van der Waals surface area (Å²) in [6.07, 6.45) is 3.59. The molecule has 2 atom stereocenters. The molecule has 0 aromatic heterocycles. The molecule has 1 aromatic carbocycles. The first kappa shape index (κ1) is 14.5. The Kier molecular flexibility index (Phi) is 6.15. The Morgan fingerprint density at radius 3 is 2.56 bits per heavy atom. The van der Waals surface area contributed by atoms with Gasteiger partial charge in [-0.25, -0.2) is 0 Å². The number of esters is 1. The zero-order valence-corrected chi connectivity index (χ0v) is 11.2. The van der Waals surface area contributed by atoms with E-state index >= 15 is 0 Å². The summed E-state index contributed by atoms with van der Waals surface area (Å²) in [5.41, 5.74) is 1.14. The minimum atomic E-state index is -0.214. The third-order valence-corrected chi connectivity index (χ3v) is 2.60. The van der Waals surface area contributed by atoms with Gasteiger partial charge in [0.05, 0.1) is 12.6 Å². The van der Waals surface area contributed by atoms with Crippen molar-refractivity contribution in [2.75, 3.05) is 6.54 Å². The first-order chi connectivity index (χ1) is 8.81. The quantitative estimate of drug-likeness (QED) is 0.645. The lowest BCUT2D eigenvalue weighted by Crippen LogP contribution is -2.43. The Hall–Kier alpha value is -1.61. The molecule has 1 saturated heterocycles. The van der Waals surface area contributed by atoms with E-state index in [0.717, 1.165) is 5.56 Å². The van der Waals surface area contributed by atoms with E-state index in [4.69, 9.17) is 4.74 Å². The summed E-state index contributed by atoms with van der Waals surface area (Å²) < 4.78 is 5.31. The molecule has 1 fully saturated rings. The minimum Gasteiger partial charge on any atom is -0.455 e. The molecule has 0 amide bonds. The van der Waals surface area contributed by atoms with Gasteiger partial charge in [0.1, 0.15) is 6.10 Å². The Morgan fingerprint density at radius 1 is 1.28 bits per heavy atom. The summed E-state index contributed by atoms with van der Waals surface area (Å²) in [5.74, 6) is -0.199. The number of hydrogen-bond donors (Lipinski definition) is 1. The average Bonchev–Trinajstić information content (AvgIpc) is 2.43. The second-order valence-electron chi connectivity index (χ2n) is 3.75. The van der Waals surface area contributed by atoms with Crippen LogP contribution in [0.15, 0.2) is 42.5 Å². The molecule has 18 heavy (non-hydrogen) atoms. The van der Waals surface area contributed by atoms with Gasteiger partial charge in [-0.2, -0.15) is 0 Å². The molecule has 0 spiro atoms. The van der Waals surface area contributed by atoms with Crippen LogP contribution in [0.25, 0.3) is 0 Å². The van der Waals surface area contributed by atoms with E-state index in [9.17, 15) is 4.79 Å². The summed E-state index contributed by atoms with van der Waals surface area (Å²) in [7, 11) is 0. The molecule has 98 valence electrons. The zero-order chi connectivity index (χ0) is 13.4. The van der Waals surface area contributed by atoms with Crippen LogP contribution in [0, 0.1) is 0 Å². The summed E-state index contributed by atoms with van der Waals surface area (Å²) >= 11 is 0. The van der Waals surface area contributed by atoms with Crippen LogP contribution in [0.4, 0.5) is 0 Å². The Morgan fingerprint density at radius 2 is 1.94 bits per heavy atom. The molecule has 3 nitrogen and oxygen atoms in total. The predicted octanol–water partition coefficient (Wildman–Crippen LogP) is 2.85. The van der Waals surface area contributed by atoms with E-state index < -0.39 is 0 Å². The van der Waals surface area contributed by atoms with Crippen molar-refractivity contribution in [1.29, 1.82) is 0 Å². The molecule has 0 bridgehead atoms. The van der Waals surface area contributed by atoms with E-state index in [1.807, 2.05) is 63.3 Å². The van der Waals surface area contributed by atoms with Crippen LogP contribution >= 0.6 is 0 Å². The van der Waals surface area contributed by atoms with Crippen molar-refractivity contribution in [1.82, 2.24) is 5.32 Å². The van der Waals surface area contributed by atoms with Gasteiger partial charge >= 0.3 is 5.97 Å². The van der Waals surface area contributed by atoms with E-state index in [1.165, 1.54) is 0 Å². The number of carbonyl (C=O) groups is 1. The van der Waals surface area contributed by atoms with Gasteiger partial charge in [-0.1, -0.05) is 50.3 Å². The molecular formula is C15H21NO2. The van der Waals surface area contributed by atoms with Crippen molar-refractivity contribution < 1.29 is 9.53 Å². The monoisotopic (exact) mass is 247 g/mol. The molecule has 1 N–H and O–H groups in total. The maximum Gasteiger partial charge on any atom is 0.320 e. The second kappa shape index (κ2) is 7.67. The maximum absolute atomic E-state index is 11.2. The highest BCUT2D eigenvalue weighted by Crippen LogP contribution is 2.22. The number of hydrogen-bond acceptors (Lipinski definition) is 3. The van der Waals surface area contributed by atoms with Gasteiger partial charge in [-0.15, -0.1) is 0 Å². The van der Waals surface area contributed by atoms with Crippen molar-refractivity contribution in [3.8, 4) is 0 Å². The number of carbonyl (C=O) groups excluding carboxylic acids is 1. The van der Waals surface area contributed by atoms with Gasteiger partial charge in [0.25, 0.3) is 0 Å². The van der Waals surface area contributed by atoms with Crippen LogP contribution in [0.3, 0.4) is 0 Å². The first-order valence-corrected chi connectivity index (χ1v) is 6.42. The molecule has 0 unspecified atom stereocenters. The number of cyclic esters (lactones) is 1. The SMILES string of the molecule is C/C=C/[C@H]1OC(=O)CN[C@H]1c1ccccc1.CC. The van der Waals surface area contributed by atoms with E-state index in [1.54, 1.807) is 0 Å². The second-order valence-corrected chi connectivity index (χ2v) is 3.75. The molecule has 0 radical (unpaired) electrons. The average molecular weight is 247 g/mol. The van der Waals surface area contributed by atoms with Crippen LogP contribution in [-0.4, -0.2) is 18.6 Å². The molecule has 0 aliphatic carbocycles. The lowest BCUT2D eigenvalue weighted by molar-refractivity contribution is -0.151. The van der Waals surface area contributed by atoms with Crippen molar-refractivity contribution in [3.63, 3.8) is 0 Å². The Balaban J connectivity index is 0.000000771. The van der Waals surface area contributed by atoms with E-state index in [2.05, 4.69) is 5.32 Å². The fourth-order valence-corrected chi connectivity index (χ4v) is 1.88. The summed E-state index contributed by atoms with van der Waals surface area (Å²) in [5, 5.41) is 3.19. The number of nitrogens with one attached hydrogen (secondary N) is 1. The molecule has 2 rings (SSSR count). The summed E-state index contributed by atoms with van der Waals surface area (Å²) in [6, 6.07) is 10.1. The third-order valence-electron chi connectivity index (χ3n) is 2.60. The largest absolute Gasteiger partial charge is 0.455 e. The van der Waals surface area contributed by atoms with E-state index in [0.29, 0.717) is 0 Å². The molecule has 1 aromatic rings. The van der Waals surface area contributed by atoms with Gasteiger partial charge in [0.2, 0.25) is 0 Å². The minimum absolute atomic E-state index is 0.0510. The fourth-order valence-electron chi connectivity index (χ4n) is 1.88. The molecule has 1 aliphatic heterocycles. The van der Waals surface area contributed by atoms with Crippen molar-refractivity contribution in [3.05, 3.63) is 48.0 Å². The maximum atomic E-state index is 11.2. The van der Waals surface area contributed by atoms with Gasteiger partial charge in [0, 0.05) is 0 Å². The predicted molar refractivity (Wildman–Crippen MR) is 73.2 cm³/mol. The number of allylic oxidation sites excluding steroid dienone is 1. The summed E-state index contributed by atoms with van der Waals surface area (Å²) in [6.45, 7) is 6.19. The first-order valence-electron chi connectivity index (χ1n) is 6.42. The molecule has 0 saturated carbocycles. The van der Waals surface area contributed by atoms with E-state index in [-0.39, 0.29) is 24.7 Å². The molecule has 1 heterocycles. The van der Waals surface area contributed by atoms with Crippen LogP contribution in [-0.2, 0) is 9.53 Å². The lowest BCUT2D eigenvalue weighted by atomic mass is 10.00. The lowest BCUT2D eigenvalue weighted by Gasteiger charge is -2.30. The normalized spacial score (nSPS) is 23.2. The van der Waals surface area contributed by atoms with Gasteiger partial charge in [0.15, 0.2) is 0 Å². The topological polar surface area (TPSA) is 38.3 Å². The van der Waals surface area contributed by atoms with Crippen LogP contribution in [0.5, 0.6) is 0 Å². The van der Waals surface area contributed by atoms with Gasteiger partial charge in [-0.3, -0.25) is 10.1 Å². The molecule has 3 heteroatoms. The molecule has 1 aliphatic rings. The zero-order valence-electron chi connectivity index (χ0n) is 11.2. The van der Waals surface area contributed by atoms with Crippen molar-refractivity contribution in [2.24, 2.45) is 0 Å². The standard InChI is InChI=1S/C13H15NO2.C2H6/c1-2-6-11-13(14-9-12(15)16-11)10-7-4-3-5-8-10;1-2/h2-8,11,13-14H,9H2,1H3;1-2H3/b6-2+;/t11-,13+;/m1./s1. The van der Waals surface area contributed by atoms with Crippen molar-refractivity contribution in [2.45, 2.75) is 32.9 Å². The van der Waals surface area contributed by atoms with Crippen molar-refractivity contribution >= 4 is 5.97 Å². The van der Waals surface area contributed by atoms with Crippen LogP contribution in [0.2, 0.25) is 0 Å². The fraction of sp³-hybridized carbons (Fsp3) is 0.400. The third kappa shape index (κ3) is 3.70. The van der Waals surface area contributed by atoms with Gasteiger partial charge < -0.3 is 4.74 Å². The number of morpholine rings is 1. The van der Waals surface area contributed by atoms with Crippen LogP contribution in [0.1, 0.15) is 32.4 Å². The highest BCUT2D eigenvalue weighted by molar-refractivity contribution is 5.73. The highest BCUT2D eigenvalue weighted by atomic mass is 16.5. The highest BCUT2D eigenvalue weighted by Gasteiger charge is 2.29. The Bertz CT molecular complexity index is 387. The number of benzene rings is 1. The Labute approximate surface area is 109 Å².